The lowest BCUT2D eigenvalue weighted by atomic mass is 10.2. The molecule has 2 aromatic rings. The average molecular weight is 341 g/mol. The number of carbonyl (C=O) groups excluding carboxylic acids is 2. The second-order valence-electron chi connectivity index (χ2n) is 5.51. The first-order valence-electron chi connectivity index (χ1n) is 7.74. The van der Waals surface area contributed by atoms with Crippen molar-refractivity contribution in [2.75, 3.05) is 23.2 Å². The van der Waals surface area contributed by atoms with E-state index in [9.17, 15) is 9.59 Å². The van der Waals surface area contributed by atoms with Gasteiger partial charge in [0.1, 0.15) is 6.54 Å². The third kappa shape index (κ3) is 4.29. The van der Waals surface area contributed by atoms with E-state index in [2.05, 4.69) is 5.43 Å². The van der Waals surface area contributed by atoms with Crippen LogP contribution in [0, 0.1) is 0 Å². The smallest absolute Gasteiger partial charge is 0.258 e. The summed E-state index contributed by atoms with van der Waals surface area (Å²) in [5.41, 5.74) is 4.91. The van der Waals surface area contributed by atoms with Crippen LogP contribution < -0.4 is 10.4 Å². The van der Waals surface area contributed by atoms with Crippen LogP contribution in [-0.4, -0.2) is 34.9 Å². The number of para-hydroxylation sites is 1. The fraction of sp³-hybridized carbons (Fsp3) is 0.222. The van der Waals surface area contributed by atoms with E-state index < -0.39 is 0 Å². The molecule has 3 rings (SSSR count). The van der Waals surface area contributed by atoms with Crippen LogP contribution in [0.15, 0.2) is 60.7 Å². The van der Waals surface area contributed by atoms with Crippen LogP contribution in [0.4, 0.5) is 5.69 Å². The Morgan fingerprint density at radius 2 is 1.75 bits per heavy atom. The number of hydrogen-bond donors (Lipinski definition) is 1. The van der Waals surface area contributed by atoms with Crippen molar-refractivity contribution in [1.82, 2.24) is 10.3 Å². The van der Waals surface area contributed by atoms with Crippen molar-refractivity contribution in [3.8, 4) is 0 Å². The van der Waals surface area contributed by atoms with E-state index in [-0.39, 0.29) is 18.4 Å². The lowest BCUT2D eigenvalue weighted by molar-refractivity contribution is -0.132. The Bertz CT molecular complexity index is 694. The lowest BCUT2D eigenvalue weighted by Gasteiger charge is -2.26. The maximum Gasteiger partial charge on any atom is 0.258 e. The molecule has 124 valence electrons. The maximum absolute atomic E-state index is 12.4. The molecule has 2 aromatic carbocycles. The SMILES string of the molecule is O=C(CN1CSCC1=O)NN(Cc1ccccc1)c1ccccc1. The van der Waals surface area contributed by atoms with Gasteiger partial charge in [-0.15, -0.1) is 11.8 Å². The van der Waals surface area contributed by atoms with E-state index in [4.69, 9.17) is 0 Å². The molecule has 1 heterocycles. The number of thioether (sulfide) groups is 1. The maximum atomic E-state index is 12.4. The zero-order valence-electron chi connectivity index (χ0n) is 13.2. The molecule has 0 bridgehead atoms. The quantitative estimate of drug-likeness (QED) is 0.819. The number of hydrogen-bond acceptors (Lipinski definition) is 4. The van der Waals surface area contributed by atoms with Crippen LogP contribution in [-0.2, 0) is 16.1 Å². The predicted molar refractivity (Wildman–Crippen MR) is 96.2 cm³/mol. The average Bonchev–Trinajstić information content (AvgIpc) is 3.01. The molecule has 24 heavy (non-hydrogen) atoms. The van der Waals surface area contributed by atoms with Gasteiger partial charge >= 0.3 is 0 Å². The third-order valence-corrected chi connectivity index (χ3v) is 4.62. The van der Waals surface area contributed by atoms with Crippen molar-refractivity contribution in [1.29, 1.82) is 0 Å². The summed E-state index contributed by atoms with van der Waals surface area (Å²) in [6.45, 7) is 0.642. The minimum absolute atomic E-state index is 0.0180. The molecular weight excluding hydrogens is 322 g/mol. The van der Waals surface area contributed by atoms with Crippen LogP contribution >= 0.6 is 11.8 Å². The topological polar surface area (TPSA) is 52.7 Å². The van der Waals surface area contributed by atoms with Crippen molar-refractivity contribution in [2.24, 2.45) is 0 Å². The van der Waals surface area contributed by atoms with E-state index in [1.54, 1.807) is 4.90 Å². The van der Waals surface area contributed by atoms with Gasteiger partial charge in [0.25, 0.3) is 5.91 Å². The summed E-state index contributed by atoms with van der Waals surface area (Å²) in [4.78, 5) is 25.6. The molecule has 1 N–H and O–H groups in total. The number of rotatable bonds is 6. The molecule has 1 aliphatic rings. The Kier molecular flexibility index (Phi) is 5.38. The van der Waals surface area contributed by atoms with Crippen molar-refractivity contribution in [3.63, 3.8) is 0 Å². The lowest BCUT2D eigenvalue weighted by Crippen LogP contribution is -2.47. The van der Waals surface area contributed by atoms with Gasteiger partial charge in [0.15, 0.2) is 0 Å². The summed E-state index contributed by atoms with van der Waals surface area (Å²) in [5.74, 6) is 0.866. The third-order valence-electron chi connectivity index (χ3n) is 3.67. The molecular formula is C18H19N3O2S. The van der Waals surface area contributed by atoms with E-state index in [1.165, 1.54) is 11.8 Å². The molecule has 1 saturated heterocycles. The van der Waals surface area contributed by atoms with Crippen molar-refractivity contribution in [3.05, 3.63) is 66.2 Å². The van der Waals surface area contributed by atoms with Crippen molar-refractivity contribution < 1.29 is 9.59 Å². The summed E-state index contributed by atoms with van der Waals surface area (Å²) >= 11 is 1.53. The second kappa shape index (κ2) is 7.88. The number of hydrazine groups is 1. The van der Waals surface area contributed by atoms with Gasteiger partial charge in [0.2, 0.25) is 5.91 Å². The number of carbonyl (C=O) groups is 2. The summed E-state index contributed by atoms with van der Waals surface area (Å²) in [6, 6.07) is 19.6. The molecule has 2 amide bonds. The Morgan fingerprint density at radius 1 is 1.08 bits per heavy atom. The first kappa shape index (κ1) is 16.4. The monoisotopic (exact) mass is 341 g/mol. The Hall–Kier alpha value is -2.47. The molecule has 6 heteroatoms. The van der Waals surface area contributed by atoms with Gasteiger partial charge in [-0.1, -0.05) is 48.5 Å². The molecule has 0 atom stereocenters. The molecule has 1 aliphatic heterocycles. The molecule has 0 unspecified atom stereocenters. The highest BCUT2D eigenvalue weighted by molar-refractivity contribution is 8.00. The molecule has 0 aromatic heterocycles. The molecule has 0 radical (unpaired) electrons. The van der Waals surface area contributed by atoms with Crippen molar-refractivity contribution in [2.45, 2.75) is 6.54 Å². The fourth-order valence-electron chi connectivity index (χ4n) is 2.47. The normalized spacial score (nSPS) is 13.8. The van der Waals surface area contributed by atoms with Gasteiger partial charge in [-0.25, -0.2) is 0 Å². The highest BCUT2D eigenvalue weighted by atomic mass is 32.2. The molecule has 0 saturated carbocycles. The Balaban J connectivity index is 1.70. The zero-order chi connectivity index (χ0) is 16.8. The number of amides is 2. The zero-order valence-corrected chi connectivity index (χ0v) is 14.0. The van der Waals surface area contributed by atoms with Crippen LogP contribution in [0.1, 0.15) is 5.56 Å². The van der Waals surface area contributed by atoms with Gasteiger partial charge in [-0.3, -0.25) is 20.0 Å². The van der Waals surface area contributed by atoms with E-state index in [0.717, 1.165) is 11.3 Å². The summed E-state index contributed by atoms with van der Waals surface area (Å²) in [6.07, 6.45) is 0. The predicted octanol–water partition coefficient (Wildman–Crippen LogP) is 2.26. The number of anilines is 1. The summed E-state index contributed by atoms with van der Waals surface area (Å²) in [5, 5.41) is 1.81. The van der Waals surface area contributed by atoms with Crippen LogP contribution in [0.3, 0.4) is 0 Å². The molecule has 1 fully saturated rings. The molecule has 5 nitrogen and oxygen atoms in total. The van der Waals surface area contributed by atoms with Crippen LogP contribution in [0.25, 0.3) is 0 Å². The number of nitrogens with zero attached hydrogens (tertiary/aromatic N) is 2. The van der Waals surface area contributed by atoms with Gasteiger partial charge in [0.05, 0.1) is 23.9 Å². The molecule has 0 spiro atoms. The van der Waals surface area contributed by atoms with E-state index >= 15 is 0 Å². The Labute approximate surface area is 145 Å². The van der Waals surface area contributed by atoms with E-state index in [0.29, 0.717) is 18.2 Å². The van der Waals surface area contributed by atoms with Crippen molar-refractivity contribution >= 4 is 29.3 Å². The minimum atomic E-state index is -0.189. The van der Waals surface area contributed by atoms with Gasteiger partial charge in [-0.2, -0.15) is 0 Å². The molecule has 0 aliphatic carbocycles. The fourth-order valence-corrected chi connectivity index (χ4v) is 3.37. The van der Waals surface area contributed by atoms with Crippen LogP contribution in [0.5, 0.6) is 0 Å². The first-order chi connectivity index (χ1) is 11.7. The summed E-state index contributed by atoms with van der Waals surface area (Å²) < 4.78 is 0. The standard InChI is InChI=1S/C18H19N3O2S/c22-17(12-20-14-24-13-18(20)23)19-21(16-9-5-2-6-10-16)11-15-7-3-1-4-8-15/h1-10H,11-14H2,(H,19,22). The van der Waals surface area contributed by atoms with Gasteiger partial charge in [0, 0.05) is 0 Å². The van der Waals surface area contributed by atoms with Gasteiger partial charge in [-0.05, 0) is 17.7 Å². The highest BCUT2D eigenvalue weighted by Crippen LogP contribution is 2.16. The number of benzene rings is 2. The minimum Gasteiger partial charge on any atom is -0.323 e. The highest BCUT2D eigenvalue weighted by Gasteiger charge is 2.23. The van der Waals surface area contributed by atoms with Crippen LogP contribution in [0.2, 0.25) is 0 Å². The van der Waals surface area contributed by atoms with Gasteiger partial charge < -0.3 is 4.90 Å². The van der Waals surface area contributed by atoms with E-state index in [1.807, 2.05) is 65.7 Å². The second-order valence-corrected chi connectivity index (χ2v) is 6.47. The largest absolute Gasteiger partial charge is 0.323 e. The Morgan fingerprint density at radius 3 is 2.38 bits per heavy atom. The number of nitrogens with one attached hydrogen (secondary N) is 1. The first-order valence-corrected chi connectivity index (χ1v) is 8.89. The summed E-state index contributed by atoms with van der Waals surface area (Å²) in [7, 11) is 0.